The van der Waals surface area contributed by atoms with Gasteiger partial charge in [-0.1, -0.05) is 91.0 Å². The molecule has 3 aromatic rings. The molecule has 0 aliphatic rings. The van der Waals surface area contributed by atoms with E-state index in [1.54, 1.807) is 0 Å². The van der Waals surface area contributed by atoms with Gasteiger partial charge in [0.2, 0.25) is 0 Å². The summed E-state index contributed by atoms with van der Waals surface area (Å²) in [5.74, 6) is -1.97. The van der Waals surface area contributed by atoms with Crippen molar-refractivity contribution in [3.63, 3.8) is 0 Å². The van der Waals surface area contributed by atoms with Crippen LogP contribution in [0, 0.1) is 5.92 Å². The Morgan fingerprint density at radius 3 is 1.71 bits per heavy atom. The van der Waals surface area contributed by atoms with E-state index in [9.17, 15) is 19.0 Å². The van der Waals surface area contributed by atoms with Gasteiger partial charge < -0.3 is 14.4 Å². The molecule has 0 amide bonds. The third-order valence-corrected chi connectivity index (χ3v) is 6.77. The van der Waals surface area contributed by atoms with E-state index >= 15 is 0 Å². The normalized spacial score (nSPS) is 13.4. The van der Waals surface area contributed by atoms with Crippen molar-refractivity contribution in [3.05, 3.63) is 108 Å². The van der Waals surface area contributed by atoms with Gasteiger partial charge in [-0.2, -0.15) is 0 Å². The first-order chi connectivity index (χ1) is 16.5. The first-order valence-corrected chi connectivity index (χ1v) is 12.6. The second-order valence-electron chi connectivity index (χ2n) is 8.02. The minimum Gasteiger partial charge on any atom is -0.461 e. The van der Waals surface area contributed by atoms with Crippen LogP contribution in [0.3, 0.4) is 0 Å². The van der Waals surface area contributed by atoms with Crippen LogP contribution in [-0.4, -0.2) is 22.5 Å². The molecule has 0 bridgehead atoms. The van der Waals surface area contributed by atoms with Crippen molar-refractivity contribution in [2.24, 2.45) is 5.92 Å². The summed E-state index contributed by atoms with van der Waals surface area (Å²) in [7, 11) is -3.10. The average molecular weight is 480 g/mol. The lowest BCUT2D eigenvalue weighted by atomic mass is 9.94. The van der Waals surface area contributed by atoms with Gasteiger partial charge in [-0.05, 0) is 29.5 Å². The molecule has 0 radical (unpaired) electrons. The Morgan fingerprint density at radius 1 is 0.735 bits per heavy atom. The molecule has 34 heavy (non-hydrogen) atoms. The Kier molecular flexibility index (Phi) is 10.1. The van der Waals surface area contributed by atoms with Gasteiger partial charge in [0.05, 0.1) is 11.6 Å². The second-order valence-corrected chi connectivity index (χ2v) is 9.44. The first kappa shape index (κ1) is 25.4. The second kappa shape index (κ2) is 13.5. The fourth-order valence-electron chi connectivity index (χ4n) is 3.67. The Balaban J connectivity index is 1.68. The fraction of sp³-hybridized carbons (Fsp3) is 0.259. The molecular weight excluding hydrogens is 451 g/mol. The number of hydrogen-bond donors (Lipinski definition) is 1. The Hall–Kier alpha value is -3.21. The highest BCUT2D eigenvalue weighted by atomic mass is 31.1. The zero-order valence-electron chi connectivity index (χ0n) is 18.8. The SMILES string of the molecule is O=C(CCC(C(=O)OCc1ccccc1)C(Cc1ccccc1)[PH](=O)O)OCc1ccccc1. The van der Waals surface area contributed by atoms with Gasteiger partial charge in [-0.3, -0.25) is 14.2 Å². The number of esters is 2. The molecule has 3 unspecified atom stereocenters. The molecule has 0 saturated carbocycles. The Bertz CT molecular complexity index is 1060. The topological polar surface area (TPSA) is 89.9 Å². The summed E-state index contributed by atoms with van der Waals surface area (Å²) in [5.41, 5.74) is 1.66. The molecule has 0 spiro atoms. The molecule has 3 atom stereocenters. The Morgan fingerprint density at radius 2 is 1.21 bits per heavy atom. The lowest BCUT2D eigenvalue weighted by Crippen LogP contribution is -2.30. The zero-order chi connectivity index (χ0) is 24.2. The van der Waals surface area contributed by atoms with E-state index in [1.165, 1.54) is 0 Å². The van der Waals surface area contributed by atoms with Crippen molar-refractivity contribution in [2.75, 3.05) is 0 Å². The van der Waals surface area contributed by atoms with Gasteiger partial charge in [0, 0.05) is 6.42 Å². The van der Waals surface area contributed by atoms with Crippen LogP contribution >= 0.6 is 8.03 Å². The quantitative estimate of drug-likeness (QED) is 0.292. The van der Waals surface area contributed by atoms with Crippen LogP contribution in [0.25, 0.3) is 0 Å². The minimum atomic E-state index is -3.10. The number of rotatable bonds is 12. The van der Waals surface area contributed by atoms with Crippen LogP contribution in [0.5, 0.6) is 0 Å². The van der Waals surface area contributed by atoms with Crippen LogP contribution in [0.4, 0.5) is 0 Å². The predicted molar refractivity (Wildman–Crippen MR) is 130 cm³/mol. The summed E-state index contributed by atoms with van der Waals surface area (Å²) in [6.07, 6.45) is 0.243. The maximum absolute atomic E-state index is 13.0. The third kappa shape index (κ3) is 8.29. The summed E-state index contributed by atoms with van der Waals surface area (Å²) in [5, 5.41) is 0. The summed E-state index contributed by atoms with van der Waals surface area (Å²) < 4.78 is 23.2. The molecule has 0 aliphatic heterocycles. The molecule has 0 fully saturated rings. The minimum absolute atomic E-state index is 0.0546. The molecule has 3 aromatic carbocycles. The maximum atomic E-state index is 13.0. The predicted octanol–water partition coefficient (Wildman–Crippen LogP) is 4.95. The molecule has 0 aliphatic carbocycles. The van der Waals surface area contributed by atoms with Crippen molar-refractivity contribution >= 4 is 20.0 Å². The zero-order valence-corrected chi connectivity index (χ0v) is 19.8. The monoisotopic (exact) mass is 480 g/mol. The van der Waals surface area contributed by atoms with Gasteiger partial charge >= 0.3 is 11.9 Å². The standard InChI is InChI=1S/C27H29O6P/c28-26(32-19-22-12-6-2-7-13-22)17-16-24(27(29)33-20-23-14-8-3-9-15-23)25(34(30)31)18-21-10-4-1-5-11-21/h1-15,24-25,34H,16-20H2,(H,30,31). The summed E-state index contributed by atoms with van der Waals surface area (Å²) in [6.45, 7) is 0.186. The molecule has 178 valence electrons. The fourth-order valence-corrected chi connectivity index (χ4v) is 4.73. The van der Waals surface area contributed by atoms with Crippen LogP contribution in [-0.2, 0) is 43.3 Å². The van der Waals surface area contributed by atoms with Gasteiger partial charge in [0.15, 0.2) is 8.03 Å². The molecule has 7 heteroatoms. The van der Waals surface area contributed by atoms with Crippen LogP contribution in [0.15, 0.2) is 91.0 Å². The average Bonchev–Trinajstić information content (AvgIpc) is 2.87. The largest absolute Gasteiger partial charge is 0.461 e. The van der Waals surface area contributed by atoms with E-state index in [0.29, 0.717) is 0 Å². The molecular formula is C27H29O6P. The Labute approximate surface area is 200 Å². The third-order valence-electron chi connectivity index (χ3n) is 5.53. The molecule has 6 nitrogen and oxygen atoms in total. The first-order valence-electron chi connectivity index (χ1n) is 11.2. The van der Waals surface area contributed by atoms with Gasteiger partial charge in [-0.15, -0.1) is 0 Å². The molecule has 3 rings (SSSR count). The smallest absolute Gasteiger partial charge is 0.310 e. The van der Waals surface area contributed by atoms with E-state index < -0.39 is 31.5 Å². The van der Waals surface area contributed by atoms with Crippen LogP contribution < -0.4 is 0 Å². The van der Waals surface area contributed by atoms with Crippen molar-refractivity contribution in [1.82, 2.24) is 0 Å². The van der Waals surface area contributed by atoms with Crippen LogP contribution in [0.1, 0.15) is 29.5 Å². The lowest BCUT2D eigenvalue weighted by Gasteiger charge is -2.24. The number of ether oxygens (including phenoxy) is 2. The highest BCUT2D eigenvalue weighted by Crippen LogP contribution is 2.35. The van der Waals surface area contributed by atoms with Crippen molar-refractivity contribution in [2.45, 2.75) is 38.1 Å². The van der Waals surface area contributed by atoms with Gasteiger partial charge in [0.1, 0.15) is 13.2 Å². The summed E-state index contributed by atoms with van der Waals surface area (Å²) in [6, 6.07) is 27.7. The number of carbonyl (C=O) groups is 2. The highest BCUT2D eigenvalue weighted by molar-refractivity contribution is 7.39. The van der Waals surface area contributed by atoms with E-state index in [0.717, 1.165) is 16.7 Å². The molecule has 0 saturated heterocycles. The molecule has 1 N–H and O–H groups in total. The number of hydrogen-bond acceptors (Lipinski definition) is 5. The summed E-state index contributed by atoms with van der Waals surface area (Å²) in [4.78, 5) is 35.5. The highest BCUT2D eigenvalue weighted by Gasteiger charge is 2.34. The maximum Gasteiger partial charge on any atom is 0.310 e. The van der Waals surface area contributed by atoms with Gasteiger partial charge in [-0.25, -0.2) is 0 Å². The lowest BCUT2D eigenvalue weighted by molar-refractivity contribution is -0.151. The number of benzene rings is 3. The van der Waals surface area contributed by atoms with E-state index in [-0.39, 0.29) is 32.5 Å². The van der Waals surface area contributed by atoms with Crippen molar-refractivity contribution < 1.29 is 28.5 Å². The van der Waals surface area contributed by atoms with Crippen molar-refractivity contribution in [3.8, 4) is 0 Å². The summed E-state index contributed by atoms with van der Waals surface area (Å²) >= 11 is 0. The van der Waals surface area contributed by atoms with Crippen LogP contribution in [0.2, 0.25) is 0 Å². The van der Waals surface area contributed by atoms with Gasteiger partial charge in [0.25, 0.3) is 0 Å². The van der Waals surface area contributed by atoms with E-state index in [2.05, 4.69) is 0 Å². The molecule has 0 aromatic heterocycles. The van der Waals surface area contributed by atoms with E-state index in [1.807, 2.05) is 91.0 Å². The van der Waals surface area contributed by atoms with E-state index in [4.69, 9.17) is 9.47 Å². The number of carbonyl (C=O) groups excluding carboxylic acids is 2. The molecule has 0 heterocycles. The van der Waals surface area contributed by atoms with Crippen molar-refractivity contribution in [1.29, 1.82) is 0 Å².